The van der Waals surface area contributed by atoms with E-state index in [4.69, 9.17) is 0 Å². The highest BCUT2D eigenvalue weighted by Gasteiger charge is 2.36. The number of urea groups is 1. The van der Waals surface area contributed by atoms with Crippen LogP contribution in [0.1, 0.15) is 25.7 Å². The molecule has 1 saturated heterocycles. The zero-order chi connectivity index (χ0) is 12.4. The SMILES string of the molecule is O=C(Nc1ccccc1)N1CC2CCCCC2C1. The Bertz CT molecular complexity index is 404. The van der Waals surface area contributed by atoms with Crippen molar-refractivity contribution in [3.63, 3.8) is 0 Å². The Morgan fingerprint density at radius 2 is 1.67 bits per heavy atom. The molecule has 18 heavy (non-hydrogen) atoms. The number of para-hydroxylation sites is 1. The standard InChI is InChI=1S/C15H20N2O/c18-15(16-14-8-2-1-3-9-14)17-10-12-6-4-5-7-13(12)11-17/h1-3,8-9,12-13H,4-7,10-11H2,(H,16,18). The molecule has 0 bridgehead atoms. The van der Waals surface area contributed by atoms with Gasteiger partial charge in [0.15, 0.2) is 0 Å². The van der Waals surface area contributed by atoms with Crippen LogP contribution in [-0.4, -0.2) is 24.0 Å². The van der Waals surface area contributed by atoms with Crippen molar-refractivity contribution in [3.05, 3.63) is 30.3 Å². The van der Waals surface area contributed by atoms with Crippen LogP contribution in [0.4, 0.5) is 10.5 Å². The maximum absolute atomic E-state index is 12.2. The largest absolute Gasteiger partial charge is 0.324 e. The Hall–Kier alpha value is -1.51. The molecule has 1 saturated carbocycles. The summed E-state index contributed by atoms with van der Waals surface area (Å²) in [4.78, 5) is 14.2. The molecule has 2 fully saturated rings. The minimum absolute atomic E-state index is 0.0654. The second-order valence-electron chi connectivity index (χ2n) is 5.51. The van der Waals surface area contributed by atoms with Gasteiger partial charge in [-0.15, -0.1) is 0 Å². The van der Waals surface area contributed by atoms with Gasteiger partial charge in [-0.1, -0.05) is 31.0 Å². The Balaban J connectivity index is 1.60. The number of fused-ring (bicyclic) bond motifs is 1. The Morgan fingerprint density at radius 1 is 1.06 bits per heavy atom. The molecule has 96 valence electrons. The Morgan fingerprint density at radius 3 is 2.28 bits per heavy atom. The number of carbonyl (C=O) groups is 1. The van der Waals surface area contributed by atoms with Crippen molar-refractivity contribution in [1.29, 1.82) is 0 Å². The second-order valence-corrected chi connectivity index (χ2v) is 5.51. The predicted molar refractivity (Wildman–Crippen MR) is 72.5 cm³/mol. The molecule has 2 atom stereocenters. The fourth-order valence-electron chi connectivity index (χ4n) is 3.30. The zero-order valence-electron chi connectivity index (χ0n) is 10.6. The van der Waals surface area contributed by atoms with Gasteiger partial charge in [0.05, 0.1) is 0 Å². The minimum atomic E-state index is 0.0654. The number of amides is 2. The summed E-state index contributed by atoms with van der Waals surface area (Å²) >= 11 is 0. The number of likely N-dealkylation sites (tertiary alicyclic amines) is 1. The molecule has 0 spiro atoms. The fraction of sp³-hybridized carbons (Fsp3) is 0.533. The molecule has 1 N–H and O–H groups in total. The van der Waals surface area contributed by atoms with Gasteiger partial charge in [-0.05, 0) is 36.8 Å². The molecular formula is C15H20N2O. The molecule has 1 aliphatic carbocycles. The third-order valence-electron chi connectivity index (χ3n) is 4.29. The third-order valence-corrected chi connectivity index (χ3v) is 4.29. The number of rotatable bonds is 1. The lowest BCUT2D eigenvalue weighted by atomic mass is 9.82. The first-order valence-corrected chi connectivity index (χ1v) is 6.94. The lowest BCUT2D eigenvalue weighted by Crippen LogP contribution is -2.33. The fourth-order valence-corrected chi connectivity index (χ4v) is 3.30. The van der Waals surface area contributed by atoms with Crippen molar-refractivity contribution in [2.24, 2.45) is 11.8 Å². The number of hydrogen-bond donors (Lipinski definition) is 1. The van der Waals surface area contributed by atoms with Gasteiger partial charge >= 0.3 is 6.03 Å². The lowest BCUT2D eigenvalue weighted by molar-refractivity contribution is 0.220. The molecule has 1 aliphatic heterocycles. The zero-order valence-corrected chi connectivity index (χ0v) is 10.6. The quantitative estimate of drug-likeness (QED) is 0.807. The van der Waals surface area contributed by atoms with Crippen LogP contribution in [0.3, 0.4) is 0 Å². The number of anilines is 1. The number of hydrogen-bond acceptors (Lipinski definition) is 1. The van der Waals surface area contributed by atoms with E-state index in [-0.39, 0.29) is 6.03 Å². The summed E-state index contributed by atoms with van der Waals surface area (Å²) in [5, 5.41) is 2.98. The third kappa shape index (κ3) is 2.35. The number of benzene rings is 1. The van der Waals surface area contributed by atoms with E-state index in [9.17, 15) is 4.79 Å². The molecule has 1 aromatic carbocycles. The van der Waals surface area contributed by atoms with Crippen LogP contribution in [0.15, 0.2) is 30.3 Å². The summed E-state index contributed by atoms with van der Waals surface area (Å²) in [5.41, 5.74) is 0.886. The van der Waals surface area contributed by atoms with Crippen LogP contribution in [0.5, 0.6) is 0 Å². The van der Waals surface area contributed by atoms with Gasteiger partial charge in [0.2, 0.25) is 0 Å². The van der Waals surface area contributed by atoms with Crippen LogP contribution in [0.25, 0.3) is 0 Å². The summed E-state index contributed by atoms with van der Waals surface area (Å²) < 4.78 is 0. The van der Waals surface area contributed by atoms with Gasteiger partial charge in [-0.2, -0.15) is 0 Å². The average molecular weight is 244 g/mol. The molecule has 1 aromatic rings. The van der Waals surface area contributed by atoms with E-state index in [1.54, 1.807) is 0 Å². The van der Waals surface area contributed by atoms with Crippen molar-refractivity contribution < 1.29 is 4.79 Å². The molecular weight excluding hydrogens is 224 g/mol. The van der Waals surface area contributed by atoms with Crippen LogP contribution >= 0.6 is 0 Å². The smallest absolute Gasteiger partial charge is 0.321 e. The highest BCUT2D eigenvalue weighted by molar-refractivity contribution is 5.89. The summed E-state index contributed by atoms with van der Waals surface area (Å²) in [7, 11) is 0. The summed E-state index contributed by atoms with van der Waals surface area (Å²) in [6.45, 7) is 1.90. The first-order chi connectivity index (χ1) is 8.83. The summed E-state index contributed by atoms with van der Waals surface area (Å²) in [5.74, 6) is 1.50. The van der Waals surface area contributed by atoms with Gasteiger partial charge in [0.25, 0.3) is 0 Å². The van der Waals surface area contributed by atoms with Crippen LogP contribution in [0.2, 0.25) is 0 Å². The van der Waals surface area contributed by atoms with Gasteiger partial charge in [0.1, 0.15) is 0 Å². The van der Waals surface area contributed by atoms with E-state index < -0.39 is 0 Å². The van der Waals surface area contributed by atoms with Crippen molar-refractivity contribution in [1.82, 2.24) is 4.90 Å². The molecule has 1 heterocycles. The monoisotopic (exact) mass is 244 g/mol. The topological polar surface area (TPSA) is 32.3 Å². The van der Waals surface area contributed by atoms with Crippen molar-refractivity contribution in [2.75, 3.05) is 18.4 Å². The van der Waals surface area contributed by atoms with E-state index >= 15 is 0 Å². The number of carbonyl (C=O) groups excluding carboxylic acids is 1. The Kier molecular flexibility index (Phi) is 3.22. The number of nitrogens with one attached hydrogen (secondary N) is 1. The predicted octanol–water partition coefficient (Wildman–Crippen LogP) is 3.34. The highest BCUT2D eigenvalue weighted by atomic mass is 16.2. The maximum atomic E-state index is 12.2. The molecule has 2 amide bonds. The molecule has 2 aliphatic rings. The molecule has 3 nitrogen and oxygen atoms in total. The van der Waals surface area contributed by atoms with Gasteiger partial charge in [-0.25, -0.2) is 4.79 Å². The normalized spacial score (nSPS) is 26.8. The molecule has 3 heteroatoms. The molecule has 3 rings (SSSR count). The van der Waals surface area contributed by atoms with Crippen molar-refractivity contribution in [3.8, 4) is 0 Å². The van der Waals surface area contributed by atoms with E-state index in [1.165, 1.54) is 25.7 Å². The average Bonchev–Trinajstić information content (AvgIpc) is 2.84. The van der Waals surface area contributed by atoms with Crippen LogP contribution in [0, 0.1) is 11.8 Å². The van der Waals surface area contributed by atoms with Crippen LogP contribution < -0.4 is 5.32 Å². The lowest BCUT2D eigenvalue weighted by Gasteiger charge is -2.22. The van der Waals surface area contributed by atoms with Gasteiger partial charge in [0, 0.05) is 18.8 Å². The van der Waals surface area contributed by atoms with Crippen molar-refractivity contribution >= 4 is 11.7 Å². The van der Waals surface area contributed by atoms with Crippen LogP contribution in [-0.2, 0) is 0 Å². The highest BCUT2D eigenvalue weighted by Crippen LogP contribution is 2.36. The summed E-state index contributed by atoms with van der Waals surface area (Å²) in [6.07, 6.45) is 5.30. The number of nitrogens with zero attached hydrogens (tertiary/aromatic N) is 1. The first-order valence-electron chi connectivity index (χ1n) is 6.94. The van der Waals surface area contributed by atoms with E-state index in [0.29, 0.717) is 0 Å². The minimum Gasteiger partial charge on any atom is -0.324 e. The van der Waals surface area contributed by atoms with E-state index in [1.807, 2.05) is 35.2 Å². The molecule has 0 aromatic heterocycles. The molecule has 2 unspecified atom stereocenters. The molecule has 0 radical (unpaired) electrons. The summed E-state index contributed by atoms with van der Waals surface area (Å²) in [6, 6.07) is 9.77. The maximum Gasteiger partial charge on any atom is 0.321 e. The van der Waals surface area contributed by atoms with E-state index in [2.05, 4.69) is 5.32 Å². The van der Waals surface area contributed by atoms with E-state index in [0.717, 1.165) is 30.6 Å². The Labute approximate surface area is 108 Å². The van der Waals surface area contributed by atoms with Crippen molar-refractivity contribution in [2.45, 2.75) is 25.7 Å². The van der Waals surface area contributed by atoms with Gasteiger partial charge < -0.3 is 10.2 Å². The van der Waals surface area contributed by atoms with Gasteiger partial charge in [-0.3, -0.25) is 0 Å². The second kappa shape index (κ2) is 5.01. The first kappa shape index (κ1) is 11.6.